The minimum atomic E-state index is -1.53. The number of halogens is 6. The SMILES string of the molecule is C=C(/C=C\C(=C/C)N(c1ccc(CCCCCCOCC2(CC)COC2)cc1)c1cc(F)c(F)c(F)c1)C1(c2ccc(N(c3ccc(CCCCCCOCC4(CC)COC4)cc3)c3cc(F)c(F)c(F)c3)cc2)CCCCC1. The van der Waals surface area contributed by atoms with E-state index >= 15 is 8.78 Å². The largest absolute Gasteiger partial charge is 0.381 e. The average molecular weight is 1090 g/mol. The number of unbranched alkanes of at least 4 members (excludes halogenated alkanes) is 6. The van der Waals surface area contributed by atoms with Crippen molar-refractivity contribution in [3.63, 3.8) is 0 Å². The number of hydrogen-bond acceptors (Lipinski definition) is 6. The summed E-state index contributed by atoms with van der Waals surface area (Å²) in [6.45, 7) is 17.0. The van der Waals surface area contributed by atoms with Crippen LogP contribution in [0.2, 0.25) is 0 Å². The van der Waals surface area contributed by atoms with E-state index in [1.807, 2.05) is 97.9 Å². The number of benzene rings is 5. The van der Waals surface area contributed by atoms with Crippen LogP contribution in [-0.2, 0) is 37.2 Å². The van der Waals surface area contributed by atoms with Gasteiger partial charge in [0.1, 0.15) is 0 Å². The van der Waals surface area contributed by atoms with Crippen LogP contribution in [0.25, 0.3) is 0 Å². The Bertz CT molecular complexity index is 2760. The fourth-order valence-electron chi connectivity index (χ4n) is 11.3. The molecular formula is C67H80F6N2O4. The lowest BCUT2D eigenvalue weighted by molar-refractivity contribution is -0.150. The van der Waals surface area contributed by atoms with E-state index in [0.29, 0.717) is 22.8 Å². The molecule has 0 spiro atoms. The van der Waals surface area contributed by atoms with Gasteiger partial charge < -0.3 is 28.7 Å². The maximum Gasteiger partial charge on any atom is 0.194 e. The van der Waals surface area contributed by atoms with E-state index < -0.39 is 40.3 Å². The first kappa shape index (κ1) is 59.5. The summed E-state index contributed by atoms with van der Waals surface area (Å²) in [7, 11) is 0. The van der Waals surface area contributed by atoms with E-state index in [9.17, 15) is 17.6 Å². The van der Waals surface area contributed by atoms with Crippen molar-refractivity contribution < 1.29 is 45.3 Å². The predicted molar refractivity (Wildman–Crippen MR) is 306 cm³/mol. The van der Waals surface area contributed by atoms with Crippen molar-refractivity contribution in [2.75, 3.05) is 62.7 Å². The summed E-state index contributed by atoms with van der Waals surface area (Å²) in [6, 6.07) is 27.8. The van der Waals surface area contributed by atoms with Crippen LogP contribution in [0.1, 0.15) is 134 Å². The summed E-state index contributed by atoms with van der Waals surface area (Å²) in [4.78, 5) is 3.45. The van der Waals surface area contributed by atoms with Crippen molar-refractivity contribution in [1.29, 1.82) is 0 Å². The average Bonchev–Trinajstić information content (AvgIpc) is 3.56. The fraction of sp³-hybridized carbons (Fsp3) is 0.463. The van der Waals surface area contributed by atoms with Gasteiger partial charge in [-0.05, 0) is 136 Å². The topological polar surface area (TPSA) is 43.4 Å². The monoisotopic (exact) mass is 1090 g/mol. The van der Waals surface area contributed by atoms with Crippen LogP contribution < -0.4 is 9.80 Å². The van der Waals surface area contributed by atoms with E-state index in [4.69, 9.17) is 18.9 Å². The molecule has 0 atom stereocenters. The van der Waals surface area contributed by atoms with E-state index in [2.05, 4.69) is 20.4 Å². The highest BCUT2D eigenvalue weighted by atomic mass is 19.2. The molecular weight excluding hydrogens is 1010 g/mol. The van der Waals surface area contributed by atoms with Crippen molar-refractivity contribution in [2.24, 2.45) is 10.8 Å². The molecule has 5 aromatic rings. The summed E-state index contributed by atoms with van der Waals surface area (Å²) >= 11 is 0. The number of rotatable bonds is 30. The minimum Gasteiger partial charge on any atom is -0.381 e. The Balaban J connectivity index is 0.952. The quantitative estimate of drug-likeness (QED) is 0.0198. The van der Waals surface area contributed by atoms with Gasteiger partial charge in [0, 0.05) is 76.5 Å². The minimum absolute atomic E-state index is 0.125. The second kappa shape index (κ2) is 28.2. The van der Waals surface area contributed by atoms with E-state index in [1.54, 1.807) is 9.80 Å². The zero-order chi connectivity index (χ0) is 55.8. The van der Waals surface area contributed by atoms with Gasteiger partial charge in [-0.15, -0.1) is 0 Å². The molecule has 12 heteroatoms. The third-order valence-electron chi connectivity index (χ3n) is 16.8. The second-order valence-electron chi connectivity index (χ2n) is 22.3. The molecule has 2 saturated heterocycles. The molecule has 424 valence electrons. The van der Waals surface area contributed by atoms with Crippen molar-refractivity contribution in [3.8, 4) is 0 Å². The molecule has 79 heavy (non-hydrogen) atoms. The van der Waals surface area contributed by atoms with Crippen LogP contribution in [0.4, 0.5) is 54.8 Å². The van der Waals surface area contributed by atoms with Crippen LogP contribution in [0.5, 0.6) is 0 Å². The predicted octanol–water partition coefficient (Wildman–Crippen LogP) is 18.1. The first-order chi connectivity index (χ1) is 38.3. The Morgan fingerprint density at radius 2 is 0.962 bits per heavy atom. The highest BCUT2D eigenvalue weighted by Gasteiger charge is 2.38. The first-order valence-corrected chi connectivity index (χ1v) is 28.8. The number of anilines is 5. The highest BCUT2D eigenvalue weighted by Crippen LogP contribution is 2.47. The molecule has 0 unspecified atom stereocenters. The molecule has 1 aliphatic carbocycles. The lowest BCUT2D eigenvalue weighted by atomic mass is 9.65. The number of aryl methyl sites for hydroxylation is 2. The highest BCUT2D eigenvalue weighted by molar-refractivity contribution is 5.77. The molecule has 6 nitrogen and oxygen atoms in total. The van der Waals surface area contributed by atoms with Gasteiger partial charge in [0.2, 0.25) is 0 Å². The molecule has 2 heterocycles. The lowest BCUT2D eigenvalue weighted by Crippen LogP contribution is -2.45. The van der Waals surface area contributed by atoms with Crippen molar-refractivity contribution >= 4 is 28.4 Å². The number of hydrogen-bond donors (Lipinski definition) is 0. The smallest absolute Gasteiger partial charge is 0.194 e. The van der Waals surface area contributed by atoms with Gasteiger partial charge in [-0.3, -0.25) is 0 Å². The van der Waals surface area contributed by atoms with Gasteiger partial charge in [-0.2, -0.15) is 0 Å². The van der Waals surface area contributed by atoms with Gasteiger partial charge in [0.05, 0.1) is 51.0 Å². The maximum atomic E-state index is 15.0. The molecule has 0 bridgehead atoms. The van der Waals surface area contributed by atoms with Crippen LogP contribution >= 0.6 is 0 Å². The summed E-state index contributed by atoms with van der Waals surface area (Å²) in [5.74, 6) is -8.21. The lowest BCUT2D eigenvalue weighted by Gasteiger charge is -2.40. The van der Waals surface area contributed by atoms with Crippen LogP contribution in [-0.4, -0.2) is 52.9 Å². The summed E-state index contributed by atoms with van der Waals surface area (Å²) in [6.07, 6.45) is 22.5. The Hall–Kier alpha value is -5.66. The van der Waals surface area contributed by atoms with Crippen LogP contribution in [0.15, 0.2) is 133 Å². The third-order valence-corrected chi connectivity index (χ3v) is 16.8. The summed E-state index contributed by atoms with van der Waals surface area (Å²) in [5.41, 5.74) is 6.82. The van der Waals surface area contributed by atoms with Crippen molar-refractivity contribution in [3.05, 3.63) is 185 Å². The molecule has 5 aromatic carbocycles. The normalized spacial score (nSPS) is 16.6. The van der Waals surface area contributed by atoms with Crippen molar-refractivity contribution in [2.45, 2.75) is 135 Å². The molecule has 3 aliphatic rings. The standard InChI is InChI=1S/C67H80F6N2O4/c1-5-53(74(57-39-59(68)63(72)60(69)40-57)54-29-22-50(23-30-54)19-13-8-10-17-37-76-43-65(6-2)45-78-46-65)28-21-49(4)67(35-15-12-16-36-67)52-26-33-56(34-27-52)75(58-41-61(70)64(73)62(71)42-58)55-31-24-51(25-32-55)20-14-9-11-18-38-77-44-66(7-3)47-79-48-66/h5,21-34,39-42H,4,6-20,35-38,43-48H2,1-3H3/b28-21-,53-5+. The molecule has 3 fully saturated rings. The molecule has 8 rings (SSSR count). The van der Waals surface area contributed by atoms with Gasteiger partial charge in [0.15, 0.2) is 34.9 Å². The third kappa shape index (κ3) is 14.8. The molecule has 0 radical (unpaired) electrons. The zero-order valence-corrected chi connectivity index (χ0v) is 46.6. The molecule has 0 N–H and O–H groups in total. The number of ether oxygens (including phenoxy) is 4. The van der Waals surface area contributed by atoms with Crippen LogP contribution in [0, 0.1) is 45.7 Å². The van der Waals surface area contributed by atoms with Gasteiger partial charge in [0.25, 0.3) is 0 Å². The summed E-state index contributed by atoms with van der Waals surface area (Å²) < 4.78 is 112. The fourth-order valence-corrected chi connectivity index (χ4v) is 11.3. The van der Waals surface area contributed by atoms with Gasteiger partial charge in [-0.1, -0.05) is 114 Å². The van der Waals surface area contributed by atoms with E-state index in [-0.39, 0.29) is 22.2 Å². The second-order valence-corrected chi connectivity index (χ2v) is 22.3. The number of allylic oxidation sites excluding steroid dienone is 4. The van der Waals surface area contributed by atoms with Crippen LogP contribution in [0.3, 0.4) is 0 Å². The molecule has 0 aromatic heterocycles. The van der Waals surface area contributed by atoms with Gasteiger partial charge in [-0.25, -0.2) is 26.3 Å². The molecule has 1 saturated carbocycles. The first-order valence-electron chi connectivity index (χ1n) is 28.8. The summed E-state index contributed by atoms with van der Waals surface area (Å²) in [5, 5.41) is 0. The Kier molecular flexibility index (Phi) is 21.2. The Morgan fingerprint density at radius 3 is 1.39 bits per heavy atom. The van der Waals surface area contributed by atoms with Crippen molar-refractivity contribution in [1.82, 2.24) is 0 Å². The maximum absolute atomic E-state index is 15.0. The molecule has 2 aliphatic heterocycles. The number of nitrogens with zero attached hydrogens (tertiary/aromatic N) is 2. The van der Waals surface area contributed by atoms with E-state index in [0.717, 1.165) is 209 Å². The Morgan fingerprint density at radius 1 is 0.532 bits per heavy atom. The van der Waals surface area contributed by atoms with E-state index in [1.165, 1.54) is 0 Å². The Labute approximate surface area is 465 Å². The van der Waals surface area contributed by atoms with Gasteiger partial charge >= 0.3 is 0 Å². The zero-order valence-electron chi connectivity index (χ0n) is 46.6. The molecule has 0 amide bonds.